The third-order valence-electron chi connectivity index (χ3n) is 3.28. The standard InChI is InChI=1S/C13H26N2O/c1-11(2)10-12-6-4-5-9-15(12)13(16)7-8-14-3/h11-12,14H,4-10H2,1-3H3. The molecule has 0 aromatic carbocycles. The maximum absolute atomic E-state index is 12.0. The summed E-state index contributed by atoms with van der Waals surface area (Å²) in [6.45, 7) is 6.25. The van der Waals surface area contributed by atoms with Crippen LogP contribution in [-0.2, 0) is 4.79 Å². The topological polar surface area (TPSA) is 32.3 Å². The highest BCUT2D eigenvalue weighted by Crippen LogP contribution is 2.23. The number of nitrogens with one attached hydrogen (secondary N) is 1. The molecule has 3 nitrogen and oxygen atoms in total. The van der Waals surface area contributed by atoms with Gasteiger partial charge in [0, 0.05) is 25.6 Å². The van der Waals surface area contributed by atoms with Crippen molar-refractivity contribution in [3.8, 4) is 0 Å². The number of likely N-dealkylation sites (tertiary alicyclic amines) is 1. The smallest absolute Gasteiger partial charge is 0.224 e. The van der Waals surface area contributed by atoms with Crippen LogP contribution in [0.4, 0.5) is 0 Å². The van der Waals surface area contributed by atoms with Crippen molar-refractivity contribution in [3.05, 3.63) is 0 Å². The first-order valence-corrected chi connectivity index (χ1v) is 6.59. The van der Waals surface area contributed by atoms with Gasteiger partial charge in [0.25, 0.3) is 0 Å². The van der Waals surface area contributed by atoms with Crippen molar-refractivity contribution in [1.29, 1.82) is 0 Å². The van der Waals surface area contributed by atoms with Gasteiger partial charge in [0.05, 0.1) is 0 Å². The molecule has 0 saturated carbocycles. The molecule has 0 bridgehead atoms. The van der Waals surface area contributed by atoms with Gasteiger partial charge in [0.2, 0.25) is 5.91 Å². The van der Waals surface area contributed by atoms with Crippen LogP contribution in [0.15, 0.2) is 0 Å². The van der Waals surface area contributed by atoms with Gasteiger partial charge in [-0.1, -0.05) is 13.8 Å². The summed E-state index contributed by atoms with van der Waals surface area (Å²) in [5, 5.41) is 3.05. The molecule has 1 atom stereocenters. The highest BCUT2D eigenvalue weighted by atomic mass is 16.2. The van der Waals surface area contributed by atoms with E-state index in [0.717, 1.165) is 19.5 Å². The number of carbonyl (C=O) groups is 1. The molecule has 3 heteroatoms. The third kappa shape index (κ3) is 4.12. The summed E-state index contributed by atoms with van der Waals surface area (Å²) >= 11 is 0. The van der Waals surface area contributed by atoms with Gasteiger partial charge in [0.15, 0.2) is 0 Å². The summed E-state index contributed by atoms with van der Waals surface area (Å²) in [5.41, 5.74) is 0. The molecule has 1 amide bonds. The minimum atomic E-state index is 0.333. The molecule has 1 rings (SSSR count). The molecule has 1 aliphatic rings. The average molecular weight is 226 g/mol. The molecule has 0 radical (unpaired) electrons. The fourth-order valence-corrected chi connectivity index (χ4v) is 2.49. The lowest BCUT2D eigenvalue weighted by Crippen LogP contribution is -2.45. The van der Waals surface area contributed by atoms with E-state index in [1.165, 1.54) is 19.3 Å². The average Bonchev–Trinajstić information content (AvgIpc) is 2.26. The van der Waals surface area contributed by atoms with Crippen molar-refractivity contribution in [2.45, 2.75) is 52.0 Å². The predicted octanol–water partition coefficient (Wildman–Crippen LogP) is 2.02. The van der Waals surface area contributed by atoms with Gasteiger partial charge in [0.1, 0.15) is 0 Å². The van der Waals surface area contributed by atoms with Gasteiger partial charge in [-0.3, -0.25) is 4.79 Å². The first-order chi connectivity index (χ1) is 7.65. The third-order valence-corrected chi connectivity index (χ3v) is 3.28. The summed E-state index contributed by atoms with van der Waals surface area (Å²) < 4.78 is 0. The Morgan fingerprint density at radius 3 is 2.81 bits per heavy atom. The predicted molar refractivity (Wildman–Crippen MR) is 67.4 cm³/mol. The largest absolute Gasteiger partial charge is 0.340 e. The molecular weight excluding hydrogens is 200 g/mol. The van der Waals surface area contributed by atoms with E-state index in [1.807, 2.05) is 7.05 Å². The van der Waals surface area contributed by atoms with Crippen LogP contribution >= 0.6 is 0 Å². The fourth-order valence-electron chi connectivity index (χ4n) is 2.49. The summed E-state index contributed by atoms with van der Waals surface area (Å²) in [5.74, 6) is 1.02. The van der Waals surface area contributed by atoms with Gasteiger partial charge in [-0.25, -0.2) is 0 Å². The van der Waals surface area contributed by atoms with Crippen LogP contribution in [0.1, 0.15) is 46.0 Å². The number of piperidine rings is 1. The maximum Gasteiger partial charge on any atom is 0.224 e. The van der Waals surface area contributed by atoms with E-state index in [4.69, 9.17) is 0 Å². The Morgan fingerprint density at radius 1 is 1.44 bits per heavy atom. The van der Waals surface area contributed by atoms with Crippen molar-refractivity contribution >= 4 is 5.91 Å². The number of rotatable bonds is 5. The van der Waals surface area contributed by atoms with Crippen molar-refractivity contribution in [3.63, 3.8) is 0 Å². The first-order valence-electron chi connectivity index (χ1n) is 6.59. The van der Waals surface area contributed by atoms with Crippen molar-refractivity contribution in [1.82, 2.24) is 10.2 Å². The minimum absolute atomic E-state index is 0.333. The molecule has 1 unspecified atom stereocenters. The zero-order chi connectivity index (χ0) is 12.0. The van der Waals surface area contributed by atoms with E-state index in [0.29, 0.717) is 24.3 Å². The van der Waals surface area contributed by atoms with Crippen LogP contribution < -0.4 is 5.32 Å². The number of hydrogen-bond donors (Lipinski definition) is 1. The lowest BCUT2D eigenvalue weighted by Gasteiger charge is -2.37. The molecule has 1 fully saturated rings. The van der Waals surface area contributed by atoms with Crippen LogP contribution in [-0.4, -0.2) is 37.0 Å². The van der Waals surface area contributed by atoms with Gasteiger partial charge >= 0.3 is 0 Å². The van der Waals surface area contributed by atoms with Crippen LogP contribution in [0.3, 0.4) is 0 Å². The Kier molecular flexibility index (Phi) is 5.81. The quantitative estimate of drug-likeness (QED) is 0.778. The van der Waals surface area contributed by atoms with E-state index < -0.39 is 0 Å². The molecule has 1 saturated heterocycles. The Labute approximate surface area is 99.6 Å². The molecule has 0 aliphatic carbocycles. The summed E-state index contributed by atoms with van der Waals surface area (Å²) in [4.78, 5) is 14.2. The van der Waals surface area contributed by atoms with E-state index in [1.54, 1.807) is 0 Å². The molecule has 94 valence electrons. The molecule has 0 spiro atoms. The second-order valence-electron chi connectivity index (χ2n) is 5.22. The normalized spacial score (nSPS) is 21.5. The van der Waals surface area contributed by atoms with Crippen LogP contribution in [0, 0.1) is 5.92 Å². The molecular formula is C13H26N2O. The second kappa shape index (κ2) is 6.89. The Hall–Kier alpha value is -0.570. The summed E-state index contributed by atoms with van der Waals surface area (Å²) in [6.07, 6.45) is 5.47. The Balaban J connectivity index is 2.48. The number of hydrogen-bond acceptors (Lipinski definition) is 2. The number of amides is 1. The molecule has 16 heavy (non-hydrogen) atoms. The Bertz CT molecular complexity index is 216. The van der Waals surface area contributed by atoms with Crippen LogP contribution in [0.2, 0.25) is 0 Å². The van der Waals surface area contributed by atoms with Gasteiger partial charge in [-0.05, 0) is 38.6 Å². The zero-order valence-electron chi connectivity index (χ0n) is 11.0. The summed E-state index contributed by atoms with van der Waals surface area (Å²) in [6, 6.07) is 0.498. The van der Waals surface area contributed by atoms with Crippen molar-refractivity contribution in [2.75, 3.05) is 20.1 Å². The van der Waals surface area contributed by atoms with E-state index >= 15 is 0 Å². The van der Waals surface area contributed by atoms with Gasteiger partial charge in [-0.2, -0.15) is 0 Å². The monoisotopic (exact) mass is 226 g/mol. The molecule has 1 aliphatic heterocycles. The fraction of sp³-hybridized carbons (Fsp3) is 0.923. The number of carbonyl (C=O) groups excluding carboxylic acids is 1. The zero-order valence-corrected chi connectivity index (χ0v) is 11.0. The molecule has 1 N–H and O–H groups in total. The second-order valence-corrected chi connectivity index (χ2v) is 5.22. The van der Waals surface area contributed by atoms with Crippen molar-refractivity contribution < 1.29 is 4.79 Å². The van der Waals surface area contributed by atoms with Crippen molar-refractivity contribution in [2.24, 2.45) is 5.92 Å². The minimum Gasteiger partial charge on any atom is -0.340 e. The Morgan fingerprint density at radius 2 is 2.19 bits per heavy atom. The van der Waals surface area contributed by atoms with Crippen LogP contribution in [0.25, 0.3) is 0 Å². The van der Waals surface area contributed by atoms with Gasteiger partial charge < -0.3 is 10.2 Å². The SMILES string of the molecule is CNCCC(=O)N1CCCCC1CC(C)C. The first kappa shape index (κ1) is 13.5. The lowest BCUT2D eigenvalue weighted by molar-refractivity contribution is -0.135. The molecule has 1 heterocycles. The lowest BCUT2D eigenvalue weighted by atomic mass is 9.94. The highest BCUT2D eigenvalue weighted by Gasteiger charge is 2.26. The molecule has 0 aromatic rings. The van der Waals surface area contributed by atoms with E-state index in [9.17, 15) is 4.79 Å². The van der Waals surface area contributed by atoms with Gasteiger partial charge in [-0.15, -0.1) is 0 Å². The number of nitrogens with zero attached hydrogens (tertiary/aromatic N) is 1. The molecule has 0 aromatic heterocycles. The van der Waals surface area contributed by atoms with E-state index in [-0.39, 0.29) is 0 Å². The summed E-state index contributed by atoms with van der Waals surface area (Å²) in [7, 11) is 1.90. The van der Waals surface area contributed by atoms with Crippen LogP contribution in [0.5, 0.6) is 0 Å². The maximum atomic E-state index is 12.0. The highest BCUT2D eigenvalue weighted by molar-refractivity contribution is 5.76. The van der Waals surface area contributed by atoms with E-state index in [2.05, 4.69) is 24.1 Å².